The molecule has 0 aliphatic heterocycles. The van der Waals surface area contributed by atoms with Crippen LogP contribution in [0.2, 0.25) is 0 Å². The fourth-order valence-electron chi connectivity index (χ4n) is 4.15. The zero-order valence-electron chi connectivity index (χ0n) is 14.7. The molecule has 1 aliphatic carbocycles. The van der Waals surface area contributed by atoms with Gasteiger partial charge in [-0.2, -0.15) is 0 Å². The van der Waals surface area contributed by atoms with Gasteiger partial charge in [0.05, 0.1) is 6.61 Å². The SMILES string of the molecule is CCCC1(CCC)CC(C(=O)OCC)(C(=O)C(C)(C)C)C1. The lowest BCUT2D eigenvalue weighted by Crippen LogP contribution is -2.59. The van der Waals surface area contributed by atoms with Crippen LogP contribution in [0.15, 0.2) is 0 Å². The van der Waals surface area contributed by atoms with Gasteiger partial charge in [0.2, 0.25) is 0 Å². The summed E-state index contributed by atoms with van der Waals surface area (Å²) in [5.41, 5.74) is -1.23. The summed E-state index contributed by atoms with van der Waals surface area (Å²) < 4.78 is 5.26. The van der Waals surface area contributed by atoms with Gasteiger partial charge in [-0.3, -0.25) is 9.59 Å². The average molecular weight is 296 g/mol. The minimum atomic E-state index is -0.890. The molecular formula is C18H32O3. The number of hydrogen-bond acceptors (Lipinski definition) is 3. The maximum atomic E-state index is 12.9. The number of ether oxygens (including phenoxy) is 1. The van der Waals surface area contributed by atoms with E-state index in [2.05, 4.69) is 13.8 Å². The minimum Gasteiger partial charge on any atom is -0.465 e. The number of carbonyl (C=O) groups excluding carboxylic acids is 2. The monoisotopic (exact) mass is 296 g/mol. The van der Waals surface area contributed by atoms with Gasteiger partial charge in [-0.25, -0.2) is 0 Å². The average Bonchev–Trinajstić information content (AvgIpc) is 2.33. The highest BCUT2D eigenvalue weighted by Gasteiger charge is 2.64. The molecule has 0 aromatic carbocycles. The van der Waals surface area contributed by atoms with Crippen LogP contribution in [0.5, 0.6) is 0 Å². The largest absolute Gasteiger partial charge is 0.465 e. The predicted octanol–water partition coefficient (Wildman–Crippen LogP) is 4.53. The highest BCUT2D eigenvalue weighted by atomic mass is 16.5. The number of hydrogen-bond donors (Lipinski definition) is 0. The molecule has 0 amide bonds. The summed E-state index contributed by atoms with van der Waals surface area (Å²) in [6.07, 6.45) is 5.75. The van der Waals surface area contributed by atoms with Crippen LogP contribution in [0.1, 0.15) is 80.1 Å². The Bertz CT molecular complexity index is 376. The molecule has 21 heavy (non-hydrogen) atoms. The number of ketones is 1. The molecule has 122 valence electrons. The number of rotatable bonds is 7. The zero-order chi connectivity index (χ0) is 16.3. The van der Waals surface area contributed by atoms with Crippen molar-refractivity contribution in [3.8, 4) is 0 Å². The molecule has 0 unspecified atom stereocenters. The minimum absolute atomic E-state index is 0.0521. The maximum absolute atomic E-state index is 12.9. The van der Waals surface area contributed by atoms with E-state index in [0.717, 1.165) is 25.7 Å². The van der Waals surface area contributed by atoms with Crippen molar-refractivity contribution in [1.82, 2.24) is 0 Å². The molecule has 0 atom stereocenters. The van der Waals surface area contributed by atoms with Gasteiger partial charge in [0.15, 0.2) is 5.78 Å². The van der Waals surface area contributed by atoms with Gasteiger partial charge in [-0.15, -0.1) is 0 Å². The number of carbonyl (C=O) groups is 2. The summed E-state index contributed by atoms with van der Waals surface area (Å²) in [7, 11) is 0. The van der Waals surface area contributed by atoms with Crippen molar-refractivity contribution in [2.24, 2.45) is 16.2 Å². The Hall–Kier alpha value is -0.860. The topological polar surface area (TPSA) is 43.4 Å². The van der Waals surface area contributed by atoms with Crippen molar-refractivity contribution < 1.29 is 14.3 Å². The van der Waals surface area contributed by atoms with Crippen LogP contribution >= 0.6 is 0 Å². The summed E-state index contributed by atoms with van der Waals surface area (Å²) >= 11 is 0. The van der Waals surface area contributed by atoms with Crippen LogP contribution in [0.3, 0.4) is 0 Å². The molecule has 1 saturated carbocycles. The van der Waals surface area contributed by atoms with E-state index in [0.29, 0.717) is 19.4 Å². The Balaban J connectivity index is 3.04. The first-order chi connectivity index (χ1) is 9.67. The molecule has 3 heteroatoms. The summed E-state index contributed by atoms with van der Waals surface area (Å²) in [6.45, 7) is 12.2. The second-order valence-corrected chi connectivity index (χ2v) is 7.74. The molecule has 0 spiro atoms. The normalized spacial score (nSPS) is 19.7. The molecule has 3 nitrogen and oxygen atoms in total. The summed E-state index contributed by atoms with van der Waals surface area (Å²) in [6, 6.07) is 0. The van der Waals surface area contributed by atoms with Gasteiger partial charge in [-0.05, 0) is 38.0 Å². The molecule has 0 heterocycles. The van der Waals surface area contributed by atoms with Crippen LogP contribution in [-0.4, -0.2) is 18.4 Å². The third kappa shape index (κ3) is 3.49. The van der Waals surface area contributed by atoms with Gasteiger partial charge in [0, 0.05) is 5.41 Å². The van der Waals surface area contributed by atoms with Crippen molar-refractivity contribution in [3.63, 3.8) is 0 Å². The highest BCUT2D eigenvalue weighted by molar-refractivity contribution is 6.07. The van der Waals surface area contributed by atoms with Crippen LogP contribution in [0.4, 0.5) is 0 Å². The van der Waals surface area contributed by atoms with Gasteiger partial charge < -0.3 is 4.74 Å². The molecule has 0 aromatic heterocycles. The molecule has 0 radical (unpaired) electrons. The van der Waals surface area contributed by atoms with Crippen molar-refractivity contribution in [2.45, 2.75) is 80.1 Å². The highest BCUT2D eigenvalue weighted by Crippen LogP contribution is 2.61. The quantitative estimate of drug-likeness (QED) is 0.512. The number of Topliss-reactive ketones (excluding diaryl/α,β-unsaturated/α-hetero) is 1. The molecular weight excluding hydrogens is 264 g/mol. The van der Waals surface area contributed by atoms with Crippen molar-refractivity contribution in [3.05, 3.63) is 0 Å². The number of esters is 1. The van der Waals surface area contributed by atoms with Crippen LogP contribution in [0.25, 0.3) is 0 Å². The van der Waals surface area contributed by atoms with E-state index in [9.17, 15) is 9.59 Å². The lowest BCUT2D eigenvalue weighted by molar-refractivity contribution is -0.182. The fourth-order valence-corrected chi connectivity index (χ4v) is 4.15. The molecule has 0 N–H and O–H groups in total. The molecule has 0 bridgehead atoms. The first-order valence-corrected chi connectivity index (χ1v) is 8.39. The summed E-state index contributed by atoms with van der Waals surface area (Å²) in [5, 5.41) is 0. The summed E-state index contributed by atoms with van der Waals surface area (Å²) in [5.74, 6) is -0.246. The standard InChI is InChI=1S/C18H32O3/c1-7-10-17(11-8-2)12-18(13-17,15(20)21-9-3)14(19)16(4,5)6/h7-13H2,1-6H3. The lowest BCUT2D eigenvalue weighted by Gasteiger charge is -2.55. The van der Waals surface area contributed by atoms with Crippen molar-refractivity contribution >= 4 is 11.8 Å². The van der Waals surface area contributed by atoms with Crippen molar-refractivity contribution in [2.75, 3.05) is 6.61 Å². The maximum Gasteiger partial charge on any atom is 0.319 e. The Labute approximate surface area is 129 Å². The van der Waals surface area contributed by atoms with E-state index in [1.54, 1.807) is 6.92 Å². The lowest BCUT2D eigenvalue weighted by atomic mass is 9.46. The fraction of sp³-hybridized carbons (Fsp3) is 0.889. The van der Waals surface area contributed by atoms with E-state index >= 15 is 0 Å². The van der Waals surface area contributed by atoms with E-state index in [-0.39, 0.29) is 17.2 Å². The van der Waals surface area contributed by atoms with Crippen LogP contribution < -0.4 is 0 Å². The second-order valence-electron chi connectivity index (χ2n) is 7.74. The first kappa shape index (κ1) is 18.2. The van der Waals surface area contributed by atoms with E-state index in [1.807, 2.05) is 20.8 Å². The third-order valence-corrected chi connectivity index (χ3v) is 4.70. The Morgan fingerprint density at radius 2 is 1.48 bits per heavy atom. The third-order valence-electron chi connectivity index (χ3n) is 4.70. The molecule has 0 aromatic rings. The smallest absolute Gasteiger partial charge is 0.319 e. The molecule has 1 rings (SSSR count). The Morgan fingerprint density at radius 1 is 1.00 bits per heavy atom. The second kappa shape index (κ2) is 6.50. The Kier molecular flexibility index (Phi) is 5.63. The van der Waals surface area contributed by atoms with Crippen LogP contribution in [-0.2, 0) is 14.3 Å². The molecule has 1 fully saturated rings. The van der Waals surface area contributed by atoms with Gasteiger partial charge >= 0.3 is 5.97 Å². The zero-order valence-corrected chi connectivity index (χ0v) is 14.7. The first-order valence-electron chi connectivity index (χ1n) is 8.39. The van der Waals surface area contributed by atoms with Gasteiger partial charge in [0.1, 0.15) is 5.41 Å². The molecule has 0 saturated heterocycles. The molecule has 1 aliphatic rings. The van der Waals surface area contributed by atoms with Crippen LogP contribution in [0, 0.1) is 16.2 Å². The van der Waals surface area contributed by atoms with E-state index in [1.165, 1.54) is 0 Å². The van der Waals surface area contributed by atoms with Crippen molar-refractivity contribution in [1.29, 1.82) is 0 Å². The predicted molar refractivity (Wildman–Crippen MR) is 85.0 cm³/mol. The van der Waals surface area contributed by atoms with E-state index < -0.39 is 10.8 Å². The van der Waals surface area contributed by atoms with Gasteiger partial charge in [-0.1, -0.05) is 47.5 Å². The Morgan fingerprint density at radius 3 is 1.81 bits per heavy atom. The van der Waals surface area contributed by atoms with Gasteiger partial charge in [0.25, 0.3) is 0 Å². The summed E-state index contributed by atoms with van der Waals surface area (Å²) in [4.78, 5) is 25.4. The van der Waals surface area contributed by atoms with E-state index in [4.69, 9.17) is 4.74 Å².